The highest BCUT2D eigenvalue weighted by atomic mass is 35.5. The van der Waals surface area contributed by atoms with E-state index in [-0.39, 0.29) is 0 Å². The van der Waals surface area contributed by atoms with E-state index in [9.17, 15) is 0 Å². The normalized spacial score (nSPS) is 10.5. The first-order valence-electron chi connectivity index (χ1n) is 5.56. The van der Waals surface area contributed by atoms with Gasteiger partial charge in [0.25, 0.3) is 0 Å². The molecule has 0 aromatic carbocycles. The molecule has 5 heteroatoms. The number of methoxy groups -OCH3 is 2. The Bertz CT molecular complexity index is 315. The standard InChI is InChI=1S/C12H19ClN2O2/c1-16-8-6-15(7-9-17-2)12-5-3-4-11(10-13)14-12/h3-5H,6-10H2,1-2H3. The number of hydrogen-bond donors (Lipinski definition) is 0. The fourth-order valence-electron chi connectivity index (χ4n) is 1.46. The van der Waals surface area contributed by atoms with Crippen LogP contribution in [0, 0.1) is 0 Å². The van der Waals surface area contributed by atoms with E-state index in [1.165, 1.54) is 0 Å². The molecule has 0 aliphatic heterocycles. The third kappa shape index (κ3) is 4.89. The zero-order chi connectivity index (χ0) is 12.5. The van der Waals surface area contributed by atoms with Crippen LogP contribution in [-0.4, -0.2) is 45.5 Å². The maximum absolute atomic E-state index is 5.78. The van der Waals surface area contributed by atoms with E-state index in [4.69, 9.17) is 21.1 Å². The van der Waals surface area contributed by atoms with Crippen molar-refractivity contribution in [3.8, 4) is 0 Å². The van der Waals surface area contributed by atoms with Gasteiger partial charge in [0, 0.05) is 27.3 Å². The molecule has 0 unspecified atom stereocenters. The van der Waals surface area contributed by atoms with Gasteiger partial charge in [0.15, 0.2) is 0 Å². The number of rotatable bonds is 8. The van der Waals surface area contributed by atoms with Gasteiger partial charge in [0.2, 0.25) is 0 Å². The highest BCUT2D eigenvalue weighted by molar-refractivity contribution is 6.16. The molecule has 0 amide bonds. The van der Waals surface area contributed by atoms with Gasteiger partial charge in [-0.15, -0.1) is 11.6 Å². The third-order valence-electron chi connectivity index (χ3n) is 2.38. The molecule has 0 spiro atoms. The summed E-state index contributed by atoms with van der Waals surface area (Å²) < 4.78 is 10.2. The van der Waals surface area contributed by atoms with Gasteiger partial charge in [-0.25, -0.2) is 4.98 Å². The zero-order valence-electron chi connectivity index (χ0n) is 10.4. The number of hydrogen-bond acceptors (Lipinski definition) is 4. The van der Waals surface area contributed by atoms with Crippen LogP contribution in [0.25, 0.3) is 0 Å². The van der Waals surface area contributed by atoms with Gasteiger partial charge in [0.1, 0.15) is 5.82 Å². The lowest BCUT2D eigenvalue weighted by molar-refractivity contribution is 0.190. The summed E-state index contributed by atoms with van der Waals surface area (Å²) in [5, 5.41) is 0. The minimum atomic E-state index is 0.427. The Kier molecular flexibility index (Phi) is 6.93. The van der Waals surface area contributed by atoms with Crippen molar-refractivity contribution in [1.82, 2.24) is 4.98 Å². The highest BCUT2D eigenvalue weighted by Gasteiger charge is 2.07. The van der Waals surface area contributed by atoms with Gasteiger partial charge >= 0.3 is 0 Å². The summed E-state index contributed by atoms with van der Waals surface area (Å²) in [6, 6.07) is 5.86. The van der Waals surface area contributed by atoms with Gasteiger partial charge < -0.3 is 14.4 Å². The average molecular weight is 259 g/mol. The Morgan fingerprint density at radius 3 is 2.35 bits per heavy atom. The van der Waals surface area contributed by atoms with Crippen LogP contribution in [0.3, 0.4) is 0 Å². The fraction of sp³-hybridized carbons (Fsp3) is 0.583. The fourth-order valence-corrected chi connectivity index (χ4v) is 1.61. The number of alkyl halides is 1. The molecule has 0 N–H and O–H groups in total. The summed E-state index contributed by atoms with van der Waals surface area (Å²) in [5.41, 5.74) is 0.879. The average Bonchev–Trinajstić information content (AvgIpc) is 2.39. The molecule has 1 rings (SSSR count). The van der Waals surface area contributed by atoms with Crippen molar-refractivity contribution in [3.63, 3.8) is 0 Å². The van der Waals surface area contributed by atoms with Crippen molar-refractivity contribution in [1.29, 1.82) is 0 Å². The molecule has 4 nitrogen and oxygen atoms in total. The van der Waals surface area contributed by atoms with E-state index in [2.05, 4.69) is 9.88 Å². The molecule has 0 atom stereocenters. The summed E-state index contributed by atoms with van der Waals surface area (Å²) in [4.78, 5) is 6.61. The first-order chi connectivity index (χ1) is 8.31. The Morgan fingerprint density at radius 2 is 1.82 bits per heavy atom. The van der Waals surface area contributed by atoms with Crippen molar-refractivity contribution < 1.29 is 9.47 Å². The van der Waals surface area contributed by atoms with Crippen LogP contribution in [0.4, 0.5) is 5.82 Å². The summed E-state index contributed by atoms with van der Waals surface area (Å²) in [7, 11) is 3.38. The van der Waals surface area contributed by atoms with Crippen LogP contribution in [0.5, 0.6) is 0 Å². The van der Waals surface area contributed by atoms with Crippen LogP contribution in [-0.2, 0) is 15.4 Å². The van der Waals surface area contributed by atoms with Crippen molar-refractivity contribution in [2.24, 2.45) is 0 Å². The van der Waals surface area contributed by atoms with E-state index in [0.29, 0.717) is 19.1 Å². The second kappa shape index (κ2) is 8.28. The largest absolute Gasteiger partial charge is 0.383 e. The van der Waals surface area contributed by atoms with E-state index in [1.54, 1.807) is 14.2 Å². The molecule has 0 radical (unpaired) electrons. The molecule has 1 heterocycles. The number of anilines is 1. The van der Waals surface area contributed by atoms with Gasteiger partial charge in [-0.1, -0.05) is 6.07 Å². The van der Waals surface area contributed by atoms with Gasteiger partial charge in [-0.2, -0.15) is 0 Å². The Balaban J connectivity index is 2.71. The Morgan fingerprint density at radius 1 is 1.18 bits per heavy atom. The topological polar surface area (TPSA) is 34.6 Å². The molecule has 0 aliphatic carbocycles. The maximum atomic E-state index is 5.78. The zero-order valence-corrected chi connectivity index (χ0v) is 11.1. The van der Waals surface area contributed by atoms with Crippen molar-refractivity contribution >= 4 is 17.4 Å². The summed E-state index contributed by atoms with van der Waals surface area (Å²) in [6.45, 7) is 2.91. The molecule has 1 aromatic heterocycles. The van der Waals surface area contributed by atoms with Gasteiger partial charge in [-0.05, 0) is 12.1 Å². The molecular formula is C12H19ClN2O2. The molecule has 1 aromatic rings. The SMILES string of the molecule is COCCN(CCOC)c1cccc(CCl)n1. The van der Waals surface area contributed by atoms with E-state index in [1.807, 2.05) is 18.2 Å². The van der Waals surface area contributed by atoms with Crippen molar-refractivity contribution in [2.45, 2.75) is 5.88 Å². The number of ether oxygens (including phenoxy) is 2. The Labute approximate surface area is 107 Å². The predicted octanol–water partition coefficient (Wildman–Crippen LogP) is 1.92. The van der Waals surface area contributed by atoms with Crippen LogP contribution in [0.15, 0.2) is 18.2 Å². The molecule has 0 fully saturated rings. The summed E-state index contributed by atoms with van der Waals surface area (Å²) >= 11 is 5.78. The first-order valence-corrected chi connectivity index (χ1v) is 6.10. The van der Waals surface area contributed by atoms with Crippen molar-refractivity contribution in [3.05, 3.63) is 23.9 Å². The van der Waals surface area contributed by atoms with Crippen LogP contribution in [0.2, 0.25) is 0 Å². The van der Waals surface area contributed by atoms with E-state index >= 15 is 0 Å². The smallest absolute Gasteiger partial charge is 0.129 e. The predicted molar refractivity (Wildman–Crippen MR) is 69.8 cm³/mol. The number of nitrogens with zero attached hydrogens (tertiary/aromatic N) is 2. The molecule has 17 heavy (non-hydrogen) atoms. The second-order valence-corrected chi connectivity index (χ2v) is 3.86. The Hall–Kier alpha value is -0.840. The molecular weight excluding hydrogens is 240 g/mol. The number of pyridine rings is 1. The third-order valence-corrected chi connectivity index (χ3v) is 2.66. The van der Waals surface area contributed by atoms with Crippen LogP contribution >= 0.6 is 11.6 Å². The van der Waals surface area contributed by atoms with E-state index < -0.39 is 0 Å². The van der Waals surface area contributed by atoms with Crippen LogP contribution < -0.4 is 4.90 Å². The number of halogens is 1. The molecule has 0 bridgehead atoms. The minimum absolute atomic E-state index is 0.427. The summed E-state index contributed by atoms with van der Waals surface area (Å²) in [5.74, 6) is 1.34. The lowest BCUT2D eigenvalue weighted by atomic mass is 10.3. The quantitative estimate of drug-likeness (QED) is 0.668. The minimum Gasteiger partial charge on any atom is -0.383 e. The molecule has 0 aliphatic rings. The lowest BCUT2D eigenvalue weighted by Gasteiger charge is -2.23. The van der Waals surface area contributed by atoms with Gasteiger partial charge in [0.05, 0.1) is 24.8 Å². The second-order valence-electron chi connectivity index (χ2n) is 3.59. The maximum Gasteiger partial charge on any atom is 0.129 e. The monoisotopic (exact) mass is 258 g/mol. The van der Waals surface area contributed by atoms with Crippen molar-refractivity contribution in [2.75, 3.05) is 45.4 Å². The summed E-state index contributed by atoms with van der Waals surface area (Å²) in [6.07, 6.45) is 0. The number of aromatic nitrogens is 1. The molecule has 0 saturated carbocycles. The molecule has 96 valence electrons. The van der Waals surface area contributed by atoms with E-state index in [0.717, 1.165) is 24.6 Å². The first kappa shape index (κ1) is 14.2. The van der Waals surface area contributed by atoms with Gasteiger partial charge in [-0.3, -0.25) is 0 Å². The highest BCUT2D eigenvalue weighted by Crippen LogP contribution is 2.12. The van der Waals surface area contributed by atoms with Crippen LogP contribution in [0.1, 0.15) is 5.69 Å². The lowest BCUT2D eigenvalue weighted by Crippen LogP contribution is -2.31. The molecule has 0 saturated heterocycles.